The molecule has 0 saturated carbocycles. The van der Waals surface area contributed by atoms with Crippen molar-refractivity contribution in [2.45, 2.75) is 6.61 Å². The lowest BCUT2D eigenvalue weighted by Gasteiger charge is -2.20. The number of benzene rings is 1. The van der Waals surface area contributed by atoms with E-state index in [0.717, 1.165) is 9.35 Å². The zero-order chi connectivity index (χ0) is 14.8. The van der Waals surface area contributed by atoms with Gasteiger partial charge >= 0.3 is 5.97 Å². The van der Waals surface area contributed by atoms with Gasteiger partial charge in [0.15, 0.2) is 11.5 Å². The van der Waals surface area contributed by atoms with E-state index >= 15 is 0 Å². The van der Waals surface area contributed by atoms with Crippen molar-refractivity contribution in [1.82, 2.24) is 0 Å². The van der Waals surface area contributed by atoms with E-state index in [9.17, 15) is 4.79 Å². The molecular weight excluding hydrogens is 380 g/mol. The van der Waals surface area contributed by atoms with Crippen LogP contribution >= 0.6 is 38.9 Å². The highest BCUT2D eigenvalue weighted by atomic mass is 79.9. The highest BCUT2D eigenvalue weighted by Crippen LogP contribution is 2.38. The van der Waals surface area contributed by atoms with Crippen LogP contribution in [0.2, 0.25) is 5.02 Å². The van der Waals surface area contributed by atoms with Crippen molar-refractivity contribution in [3.63, 3.8) is 0 Å². The summed E-state index contributed by atoms with van der Waals surface area (Å²) in [7, 11) is 0. The van der Waals surface area contributed by atoms with Gasteiger partial charge < -0.3 is 14.2 Å². The van der Waals surface area contributed by atoms with E-state index < -0.39 is 0 Å². The average molecular weight is 390 g/mol. The molecule has 2 aromatic rings. The summed E-state index contributed by atoms with van der Waals surface area (Å²) in [5.74, 6) is 0.760. The fourth-order valence-electron chi connectivity index (χ4n) is 1.89. The lowest BCUT2D eigenvalue weighted by atomic mass is 10.2. The van der Waals surface area contributed by atoms with Crippen LogP contribution in [0.3, 0.4) is 0 Å². The summed E-state index contributed by atoms with van der Waals surface area (Å²) in [5.41, 5.74) is 0.758. The van der Waals surface area contributed by atoms with E-state index in [4.69, 9.17) is 25.8 Å². The van der Waals surface area contributed by atoms with Crippen molar-refractivity contribution < 1.29 is 19.0 Å². The van der Waals surface area contributed by atoms with E-state index in [-0.39, 0.29) is 12.6 Å². The number of rotatable bonds is 3. The molecular formula is C14H10BrClO4S. The Balaban J connectivity index is 1.71. The van der Waals surface area contributed by atoms with Gasteiger partial charge in [-0.2, -0.15) is 0 Å². The van der Waals surface area contributed by atoms with Gasteiger partial charge in [-0.3, -0.25) is 0 Å². The molecule has 0 fully saturated rings. The summed E-state index contributed by atoms with van der Waals surface area (Å²) in [5, 5.41) is 0.456. The van der Waals surface area contributed by atoms with Crippen molar-refractivity contribution in [2.24, 2.45) is 0 Å². The number of ether oxygens (including phenoxy) is 3. The Bertz CT molecular complexity index is 686. The van der Waals surface area contributed by atoms with E-state index in [1.165, 1.54) is 11.3 Å². The molecule has 21 heavy (non-hydrogen) atoms. The fourth-order valence-corrected chi connectivity index (χ4v) is 3.46. The van der Waals surface area contributed by atoms with Crippen LogP contribution in [0.4, 0.5) is 0 Å². The first-order valence-corrected chi connectivity index (χ1v) is 8.13. The van der Waals surface area contributed by atoms with Gasteiger partial charge in [0.2, 0.25) is 0 Å². The molecule has 1 aromatic carbocycles. The summed E-state index contributed by atoms with van der Waals surface area (Å²) in [6.45, 7) is 1.09. The smallest absolute Gasteiger partial charge is 0.348 e. The van der Waals surface area contributed by atoms with Crippen LogP contribution in [0, 0.1) is 0 Å². The Kier molecular flexibility index (Phi) is 4.37. The second-order valence-corrected chi connectivity index (χ2v) is 7.15. The van der Waals surface area contributed by atoms with Crippen LogP contribution < -0.4 is 9.47 Å². The Hall–Kier alpha value is -1.24. The minimum absolute atomic E-state index is 0.130. The standard InChI is InChI=1S/C14H10BrClO4S/c15-12-2-1-11(21-12)14(17)20-7-8-5-9(16)13-10(6-8)18-3-4-19-13/h1-2,5-6H,3-4,7H2. The third kappa shape index (κ3) is 3.33. The monoisotopic (exact) mass is 388 g/mol. The topological polar surface area (TPSA) is 44.8 Å². The van der Waals surface area contributed by atoms with E-state index in [0.29, 0.717) is 34.6 Å². The zero-order valence-electron chi connectivity index (χ0n) is 10.7. The van der Waals surface area contributed by atoms with E-state index in [2.05, 4.69) is 15.9 Å². The van der Waals surface area contributed by atoms with Gasteiger partial charge in [0, 0.05) is 0 Å². The number of halogens is 2. The van der Waals surface area contributed by atoms with Gasteiger partial charge in [0.25, 0.3) is 0 Å². The van der Waals surface area contributed by atoms with Crippen LogP contribution in [-0.2, 0) is 11.3 Å². The maximum atomic E-state index is 11.9. The van der Waals surface area contributed by atoms with Crippen LogP contribution in [0.15, 0.2) is 28.1 Å². The first-order chi connectivity index (χ1) is 10.1. The molecule has 110 valence electrons. The largest absolute Gasteiger partial charge is 0.486 e. The molecule has 0 bridgehead atoms. The van der Waals surface area contributed by atoms with Gasteiger partial charge in [-0.15, -0.1) is 11.3 Å². The SMILES string of the molecule is O=C(OCc1cc(Cl)c2c(c1)OCCO2)c1ccc(Br)s1. The normalized spacial score (nSPS) is 13.0. The Morgan fingerprint density at radius 1 is 1.33 bits per heavy atom. The molecule has 4 nitrogen and oxygen atoms in total. The molecule has 3 rings (SSSR count). The second-order valence-electron chi connectivity index (χ2n) is 4.28. The zero-order valence-corrected chi connectivity index (χ0v) is 13.9. The lowest BCUT2D eigenvalue weighted by Crippen LogP contribution is -2.16. The maximum absolute atomic E-state index is 11.9. The predicted octanol–water partition coefficient (Wildman–Crippen LogP) is 4.29. The Morgan fingerprint density at radius 3 is 2.90 bits per heavy atom. The minimum Gasteiger partial charge on any atom is -0.486 e. The molecule has 2 heterocycles. The molecule has 0 amide bonds. The first-order valence-electron chi connectivity index (χ1n) is 6.14. The van der Waals surface area contributed by atoms with E-state index in [1.54, 1.807) is 18.2 Å². The Morgan fingerprint density at radius 2 is 2.14 bits per heavy atom. The minimum atomic E-state index is -0.364. The molecule has 1 aliphatic rings. The highest BCUT2D eigenvalue weighted by molar-refractivity contribution is 9.11. The number of thiophene rings is 1. The highest BCUT2D eigenvalue weighted by Gasteiger charge is 2.17. The van der Waals surface area contributed by atoms with Gasteiger partial charge in [-0.05, 0) is 45.8 Å². The number of hydrogen-bond acceptors (Lipinski definition) is 5. The molecule has 0 unspecified atom stereocenters. The van der Waals surface area contributed by atoms with Crippen molar-refractivity contribution >= 4 is 44.8 Å². The predicted molar refractivity (Wildman–Crippen MR) is 83.6 cm³/mol. The fraction of sp³-hybridized carbons (Fsp3) is 0.214. The van der Waals surface area contributed by atoms with Gasteiger partial charge in [0.05, 0.1) is 8.81 Å². The van der Waals surface area contributed by atoms with Crippen molar-refractivity contribution in [2.75, 3.05) is 13.2 Å². The van der Waals surface area contributed by atoms with Crippen molar-refractivity contribution in [1.29, 1.82) is 0 Å². The summed E-state index contributed by atoms with van der Waals surface area (Å²) in [4.78, 5) is 12.4. The van der Waals surface area contributed by atoms with Crippen LogP contribution in [0.1, 0.15) is 15.2 Å². The summed E-state index contributed by atoms with van der Waals surface area (Å²) in [6, 6.07) is 7.01. The molecule has 0 aliphatic carbocycles. The summed E-state index contributed by atoms with van der Waals surface area (Å²) >= 11 is 10.8. The first kappa shape index (κ1) is 14.7. The van der Waals surface area contributed by atoms with Gasteiger partial charge in [-0.1, -0.05) is 11.6 Å². The Labute approximate surface area is 138 Å². The second kappa shape index (κ2) is 6.25. The number of carbonyl (C=O) groups is 1. The maximum Gasteiger partial charge on any atom is 0.348 e. The van der Waals surface area contributed by atoms with E-state index in [1.807, 2.05) is 6.07 Å². The molecule has 0 saturated heterocycles. The van der Waals surface area contributed by atoms with Crippen LogP contribution in [-0.4, -0.2) is 19.2 Å². The third-order valence-electron chi connectivity index (χ3n) is 2.80. The quantitative estimate of drug-likeness (QED) is 0.735. The molecule has 0 radical (unpaired) electrons. The summed E-state index contributed by atoms with van der Waals surface area (Å²) < 4.78 is 17.1. The molecule has 7 heteroatoms. The lowest BCUT2D eigenvalue weighted by molar-refractivity contribution is 0.0478. The molecule has 0 N–H and O–H groups in total. The van der Waals surface area contributed by atoms with Gasteiger partial charge in [0.1, 0.15) is 24.7 Å². The van der Waals surface area contributed by atoms with Crippen molar-refractivity contribution in [3.8, 4) is 11.5 Å². The molecule has 1 aliphatic heterocycles. The number of fused-ring (bicyclic) bond motifs is 1. The average Bonchev–Trinajstić information content (AvgIpc) is 2.91. The molecule has 0 atom stereocenters. The number of hydrogen-bond donors (Lipinski definition) is 0. The van der Waals surface area contributed by atoms with Gasteiger partial charge in [-0.25, -0.2) is 4.79 Å². The molecule has 0 spiro atoms. The van der Waals surface area contributed by atoms with Crippen LogP contribution in [0.5, 0.6) is 11.5 Å². The third-order valence-corrected chi connectivity index (χ3v) is 4.69. The van der Waals surface area contributed by atoms with Crippen LogP contribution in [0.25, 0.3) is 0 Å². The number of esters is 1. The molecule has 1 aromatic heterocycles. The summed E-state index contributed by atoms with van der Waals surface area (Å²) in [6.07, 6.45) is 0. The number of carbonyl (C=O) groups excluding carboxylic acids is 1. The van der Waals surface area contributed by atoms with Crippen molar-refractivity contribution in [3.05, 3.63) is 43.5 Å².